The van der Waals surface area contributed by atoms with E-state index in [1.54, 1.807) is 7.11 Å². The van der Waals surface area contributed by atoms with Gasteiger partial charge in [0.2, 0.25) is 0 Å². The van der Waals surface area contributed by atoms with E-state index >= 15 is 0 Å². The number of hydrogen-bond acceptors (Lipinski definition) is 6. The number of nitrogens with zero attached hydrogens (tertiary/aromatic N) is 3. The largest absolute Gasteiger partial charge is 0.383 e. The first-order valence-corrected chi connectivity index (χ1v) is 13.2. The lowest BCUT2D eigenvalue weighted by atomic mass is 9.94. The van der Waals surface area contributed by atoms with E-state index in [0.717, 1.165) is 40.2 Å². The second kappa shape index (κ2) is 9.95. The first-order valence-electron chi connectivity index (χ1n) is 11.9. The van der Waals surface area contributed by atoms with Crippen molar-refractivity contribution in [1.29, 1.82) is 0 Å². The molecule has 9 heteroatoms. The van der Waals surface area contributed by atoms with E-state index < -0.39 is 10.8 Å². The zero-order chi connectivity index (χ0) is 22.8. The van der Waals surface area contributed by atoms with Gasteiger partial charge in [-0.25, -0.2) is 0 Å². The Labute approximate surface area is 197 Å². The number of nitrogens with one attached hydrogen (secondary N) is 1. The first kappa shape index (κ1) is 22.6. The molecule has 1 unspecified atom stereocenters. The van der Waals surface area contributed by atoms with Crippen molar-refractivity contribution in [3.63, 3.8) is 0 Å². The summed E-state index contributed by atoms with van der Waals surface area (Å²) in [5, 5.41) is 8.32. The number of anilines is 1. The van der Waals surface area contributed by atoms with Crippen molar-refractivity contribution in [3.05, 3.63) is 29.5 Å². The van der Waals surface area contributed by atoms with Crippen LogP contribution in [0.25, 0.3) is 11.3 Å². The fourth-order valence-electron chi connectivity index (χ4n) is 5.10. The topological polar surface area (TPSA) is 85.7 Å². The average molecular weight is 473 g/mol. The van der Waals surface area contributed by atoms with Gasteiger partial charge in [-0.3, -0.25) is 13.7 Å². The minimum absolute atomic E-state index is 0.0704. The van der Waals surface area contributed by atoms with Crippen molar-refractivity contribution < 1.29 is 18.5 Å². The average Bonchev–Trinajstić information content (AvgIpc) is 3.24. The highest BCUT2D eigenvalue weighted by atomic mass is 32.2. The summed E-state index contributed by atoms with van der Waals surface area (Å²) in [6.07, 6.45) is 5.70. The van der Waals surface area contributed by atoms with Crippen molar-refractivity contribution >= 4 is 22.4 Å². The molecular formula is C24H32N4O4S. The molecule has 1 aliphatic carbocycles. The molecule has 1 aromatic heterocycles. The Morgan fingerprint density at radius 2 is 2.03 bits per heavy atom. The summed E-state index contributed by atoms with van der Waals surface area (Å²) in [4.78, 5) is 16.1. The van der Waals surface area contributed by atoms with Crippen LogP contribution in [-0.2, 0) is 26.0 Å². The molecule has 2 aromatic rings. The zero-order valence-electron chi connectivity index (χ0n) is 19.2. The van der Waals surface area contributed by atoms with Gasteiger partial charge in [0.15, 0.2) is 5.69 Å². The van der Waals surface area contributed by atoms with Crippen LogP contribution in [0.3, 0.4) is 0 Å². The standard InChI is InChI=1S/C24H32N4O4S/c1-31-12-9-25-17-7-8-21-19(15-17)23-20(16-33(21)30)22(24(29)27-10-13-32-14-11-27)26-28(23)18-5-3-2-4-6-18/h7-8,15,18,25H,2-6,9-14,16H2,1H3. The number of benzene rings is 1. The van der Waals surface area contributed by atoms with Crippen LogP contribution in [-0.4, -0.2) is 71.4 Å². The molecule has 1 atom stereocenters. The minimum Gasteiger partial charge on any atom is -0.383 e. The highest BCUT2D eigenvalue weighted by Gasteiger charge is 2.35. The molecule has 5 rings (SSSR count). The summed E-state index contributed by atoms with van der Waals surface area (Å²) >= 11 is 0. The molecule has 1 saturated carbocycles. The smallest absolute Gasteiger partial charge is 0.274 e. The Kier molecular flexibility index (Phi) is 6.80. The highest BCUT2D eigenvalue weighted by molar-refractivity contribution is 7.84. The van der Waals surface area contributed by atoms with Gasteiger partial charge in [0.25, 0.3) is 5.91 Å². The molecule has 1 aromatic carbocycles. The summed E-state index contributed by atoms with van der Waals surface area (Å²) in [6.45, 7) is 3.51. The number of methoxy groups -OCH3 is 1. The van der Waals surface area contributed by atoms with E-state index in [1.807, 2.05) is 17.0 Å². The lowest BCUT2D eigenvalue weighted by molar-refractivity contribution is 0.0297. The fourth-order valence-corrected chi connectivity index (χ4v) is 6.41. The van der Waals surface area contributed by atoms with Crippen LogP contribution in [0, 0.1) is 0 Å². The van der Waals surface area contributed by atoms with Gasteiger partial charge in [-0.15, -0.1) is 0 Å². The number of morpholine rings is 1. The van der Waals surface area contributed by atoms with E-state index in [4.69, 9.17) is 14.6 Å². The van der Waals surface area contributed by atoms with Crippen LogP contribution in [0.4, 0.5) is 5.69 Å². The molecule has 2 aliphatic heterocycles. The number of carbonyl (C=O) groups excluding carboxylic acids is 1. The van der Waals surface area contributed by atoms with Gasteiger partial charge in [0.05, 0.1) is 48.1 Å². The summed E-state index contributed by atoms with van der Waals surface area (Å²) in [5.41, 5.74) is 4.15. The van der Waals surface area contributed by atoms with Gasteiger partial charge in [-0.05, 0) is 31.0 Å². The van der Waals surface area contributed by atoms with Crippen molar-refractivity contribution in [2.75, 3.05) is 51.9 Å². The number of aromatic nitrogens is 2. The number of hydrogen-bond donors (Lipinski definition) is 1. The second-order valence-electron chi connectivity index (χ2n) is 8.94. The summed E-state index contributed by atoms with van der Waals surface area (Å²) in [7, 11) is 0.464. The number of amides is 1. The molecule has 3 heterocycles. The number of ether oxygens (including phenoxy) is 2. The van der Waals surface area contributed by atoms with E-state index in [1.165, 1.54) is 19.3 Å². The molecule has 2 fully saturated rings. The predicted octanol–water partition coefficient (Wildman–Crippen LogP) is 3.21. The summed E-state index contributed by atoms with van der Waals surface area (Å²) in [6, 6.07) is 6.25. The van der Waals surface area contributed by atoms with Gasteiger partial charge < -0.3 is 19.7 Å². The lowest BCUT2D eigenvalue weighted by Gasteiger charge is -2.27. The minimum atomic E-state index is -1.22. The van der Waals surface area contributed by atoms with E-state index in [-0.39, 0.29) is 11.9 Å². The number of fused-ring (bicyclic) bond motifs is 3. The van der Waals surface area contributed by atoms with Crippen LogP contribution in [0.5, 0.6) is 0 Å². The first-order chi connectivity index (χ1) is 16.2. The third-order valence-electron chi connectivity index (χ3n) is 6.82. The van der Waals surface area contributed by atoms with Crippen LogP contribution >= 0.6 is 0 Å². The third kappa shape index (κ3) is 4.46. The van der Waals surface area contributed by atoms with Crippen LogP contribution < -0.4 is 5.32 Å². The van der Waals surface area contributed by atoms with Crippen molar-refractivity contribution in [2.45, 2.75) is 48.8 Å². The van der Waals surface area contributed by atoms with Crippen LogP contribution in [0.2, 0.25) is 0 Å². The van der Waals surface area contributed by atoms with Crippen molar-refractivity contribution in [1.82, 2.24) is 14.7 Å². The molecule has 0 bridgehead atoms. The molecule has 3 aliphatic rings. The summed E-state index contributed by atoms with van der Waals surface area (Å²) in [5.74, 6) is 0.260. The molecule has 0 radical (unpaired) electrons. The maximum Gasteiger partial charge on any atom is 0.274 e. The maximum atomic E-state index is 13.5. The maximum absolute atomic E-state index is 13.5. The highest BCUT2D eigenvalue weighted by Crippen LogP contribution is 2.42. The monoisotopic (exact) mass is 472 g/mol. The number of rotatable bonds is 6. The van der Waals surface area contributed by atoms with Gasteiger partial charge in [0.1, 0.15) is 0 Å². The van der Waals surface area contributed by atoms with Crippen LogP contribution in [0.1, 0.15) is 54.2 Å². The third-order valence-corrected chi connectivity index (χ3v) is 8.22. The van der Waals surface area contributed by atoms with Gasteiger partial charge >= 0.3 is 0 Å². The number of carbonyl (C=O) groups is 1. The Hall–Kier alpha value is -2.23. The van der Waals surface area contributed by atoms with E-state index in [2.05, 4.69) is 16.1 Å². The molecule has 1 amide bonds. The Morgan fingerprint density at radius 3 is 2.79 bits per heavy atom. The Balaban J connectivity index is 1.60. The van der Waals surface area contributed by atoms with Gasteiger partial charge in [-0.1, -0.05) is 19.3 Å². The van der Waals surface area contributed by atoms with Gasteiger partial charge in [0, 0.05) is 48.5 Å². The lowest BCUT2D eigenvalue weighted by Crippen LogP contribution is -2.41. The second-order valence-corrected chi connectivity index (χ2v) is 10.4. The normalized spacial score (nSPS) is 20.9. The Bertz CT molecular complexity index is 1040. The molecule has 1 saturated heterocycles. The van der Waals surface area contributed by atoms with E-state index in [0.29, 0.717) is 50.9 Å². The van der Waals surface area contributed by atoms with Crippen molar-refractivity contribution in [2.24, 2.45) is 0 Å². The molecule has 33 heavy (non-hydrogen) atoms. The quantitative estimate of drug-likeness (QED) is 0.650. The van der Waals surface area contributed by atoms with E-state index in [9.17, 15) is 9.00 Å². The summed E-state index contributed by atoms with van der Waals surface area (Å²) < 4.78 is 25.9. The van der Waals surface area contributed by atoms with Gasteiger partial charge in [-0.2, -0.15) is 5.10 Å². The fraction of sp³-hybridized carbons (Fsp3) is 0.583. The zero-order valence-corrected chi connectivity index (χ0v) is 20.0. The Morgan fingerprint density at radius 1 is 1.24 bits per heavy atom. The van der Waals surface area contributed by atoms with Crippen molar-refractivity contribution in [3.8, 4) is 11.3 Å². The predicted molar refractivity (Wildman–Crippen MR) is 127 cm³/mol. The molecule has 1 N–H and O–H groups in total. The SMILES string of the molecule is COCCNc1ccc2c(c1)-c1c(c(C(=O)N3CCOCC3)nn1C1CCCCC1)CS2=O. The molecule has 8 nitrogen and oxygen atoms in total. The molecule has 178 valence electrons. The van der Waals surface area contributed by atoms with Crippen LogP contribution in [0.15, 0.2) is 23.1 Å². The molecule has 0 spiro atoms. The molecular weight excluding hydrogens is 440 g/mol.